The number of aromatic nitrogens is 1. The maximum atomic E-state index is 12.9. The first-order chi connectivity index (χ1) is 17.7. The highest BCUT2D eigenvalue weighted by Crippen LogP contribution is 2.30. The first-order valence-electron chi connectivity index (χ1n) is 12.0. The number of nitrogens with one attached hydrogen (secondary N) is 1. The Labute approximate surface area is 219 Å². The normalized spacial score (nSPS) is 12.7. The summed E-state index contributed by atoms with van der Waals surface area (Å²) in [4.78, 5) is 46.8. The fourth-order valence-electron chi connectivity index (χ4n) is 3.38. The van der Waals surface area contributed by atoms with E-state index < -0.39 is 23.9 Å². The summed E-state index contributed by atoms with van der Waals surface area (Å²) in [6.45, 7) is 10.5. The summed E-state index contributed by atoms with van der Waals surface area (Å²) < 4.78 is 10.3. The van der Waals surface area contributed by atoms with Crippen molar-refractivity contribution in [3.63, 3.8) is 0 Å². The highest BCUT2D eigenvalue weighted by atomic mass is 16.7. The van der Waals surface area contributed by atoms with Crippen molar-refractivity contribution in [1.82, 2.24) is 15.4 Å². The van der Waals surface area contributed by atoms with Gasteiger partial charge < -0.3 is 19.6 Å². The van der Waals surface area contributed by atoms with Gasteiger partial charge in [0.1, 0.15) is 6.04 Å². The maximum absolute atomic E-state index is 12.9. The van der Waals surface area contributed by atoms with Crippen LogP contribution in [-0.2, 0) is 14.4 Å². The van der Waals surface area contributed by atoms with Crippen LogP contribution in [0, 0.1) is 0 Å². The first-order valence-corrected chi connectivity index (χ1v) is 12.0. The number of likely N-dealkylation sites (N-methyl/N-ethyl adjacent to an activating group) is 1. The summed E-state index contributed by atoms with van der Waals surface area (Å²) in [6, 6.07) is 9.67. The van der Waals surface area contributed by atoms with E-state index in [0.717, 1.165) is 11.1 Å². The molecule has 1 aromatic carbocycles. The van der Waals surface area contributed by atoms with E-state index in [0.29, 0.717) is 0 Å². The second kappa shape index (κ2) is 15.9. The molecular formula is C28H37N3O6. The number of ether oxygens (including phenoxy) is 2. The van der Waals surface area contributed by atoms with E-state index in [1.165, 1.54) is 38.3 Å². The van der Waals surface area contributed by atoms with E-state index in [2.05, 4.69) is 10.3 Å². The zero-order valence-corrected chi connectivity index (χ0v) is 22.8. The van der Waals surface area contributed by atoms with E-state index in [1.807, 2.05) is 76.3 Å². The number of hydrogen-bond donors (Lipinski definition) is 1. The zero-order valence-electron chi connectivity index (χ0n) is 22.8. The number of pyridine rings is 1. The molecule has 1 N–H and O–H groups in total. The third-order valence-corrected chi connectivity index (χ3v) is 4.97. The SMILES string of the molecule is C/C=C\C(=C/C)C(c1ccccc1)N(C)OC(=O)C(C)NC(=O)c1nccc(OC)c1OC(C)=O.CC. The average Bonchev–Trinajstić information content (AvgIpc) is 2.89. The number of methoxy groups -OCH3 is 1. The van der Waals surface area contributed by atoms with Crippen LogP contribution in [0.4, 0.5) is 0 Å². The van der Waals surface area contributed by atoms with Gasteiger partial charge in [0.2, 0.25) is 5.75 Å². The molecule has 0 bridgehead atoms. The van der Waals surface area contributed by atoms with E-state index in [-0.39, 0.29) is 23.2 Å². The number of benzene rings is 1. The van der Waals surface area contributed by atoms with Crippen molar-refractivity contribution in [2.24, 2.45) is 0 Å². The van der Waals surface area contributed by atoms with Crippen LogP contribution in [0.25, 0.3) is 0 Å². The van der Waals surface area contributed by atoms with Gasteiger partial charge in [0.15, 0.2) is 11.4 Å². The van der Waals surface area contributed by atoms with Crippen LogP contribution in [0.3, 0.4) is 0 Å². The molecule has 2 unspecified atom stereocenters. The maximum Gasteiger partial charge on any atom is 0.347 e. The standard InChI is InChI=1S/C26H31N3O6.C2H6/c1-7-12-19(8-2)23(20-13-10-9-11-14-20)29(5)35-26(32)17(3)28-25(31)22-24(34-18(4)30)21(33-6)15-16-27-22;1-2/h7-17,23H,1-6H3,(H,28,31);1-2H3/b12-7-,19-8+;. The molecule has 1 heterocycles. The third kappa shape index (κ3) is 8.88. The minimum Gasteiger partial charge on any atom is -0.493 e. The molecule has 2 aromatic rings. The molecular weight excluding hydrogens is 474 g/mol. The summed E-state index contributed by atoms with van der Waals surface area (Å²) in [6.07, 6.45) is 7.13. The Morgan fingerprint density at radius 2 is 1.73 bits per heavy atom. The minimum atomic E-state index is -1.03. The molecule has 0 fully saturated rings. The summed E-state index contributed by atoms with van der Waals surface area (Å²) in [5, 5.41) is 3.98. The van der Waals surface area contributed by atoms with E-state index in [1.54, 1.807) is 7.05 Å². The van der Waals surface area contributed by atoms with Crippen molar-refractivity contribution in [3.05, 3.63) is 77.7 Å². The molecule has 37 heavy (non-hydrogen) atoms. The summed E-state index contributed by atoms with van der Waals surface area (Å²) in [7, 11) is 3.02. The fraction of sp³-hybridized carbons (Fsp3) is 0.357. The van der Waals surface area contributed by atoms with Crippen molar-refractivity contribution in [1.29, 1.82) is 0 Å². The average molecular weight is 512 g/mol. The number of carbonyl (C=O) groups excluding carboxylic acids is 3. The molecule has 2 rings (SSSR count). The Morgan fingerprint density at radius 3 is 2.27 bits per heavy atom. The second-order valence-electron chi connectivity index (χ2n) is 7.54. The van der Waals surface area contributed by atoms with Gasteiger partial charge in [-0.1, -0.05) is 62.4 Å². The topological polar surface area (TPSA) is 107 Å². The molecule has 1 amide bonds. The van der Waals surface area contributed by atoms with E-state index in [4.69, 9.17) is 14.3 Å². The molecule has 0 aliphatic heterocycles. The van der Waals surface area contributed by atoms with Crippen LogP contribution >= 0.6 is 0 Å². The highest BCUT2D eigenvalue weighted by Gasteiger charge is 2.28. The van der Waals surface area contributed by atoms with Gasteiger partial charge in [0.05, 0.1) is 13.2 Å². The lowest BCUT2D eigenvalue weighted by Gasteiger charge is -2.29. The Morgan fingerprint density at radius 1 is 1.08 bits per heavy atom. The largest absolute Gasteiger partial charge is 0.493 e. The molecule has 1 aromatic heterocycles. The number of rotatable bonds is 10. The lowest BCUT2D eigenvalue weighted by atomic mass is 9.98. The summed E-state index contributed by atoms with van der Waals surface area (Å²) in [5.74, 6) is -2.04. The monoisotopic (exact) mass is 511 g/mol. The van der Waals surface area contributed by atoms with Crippen molar-refractivity contribution in [2.75, 3.05) is 14.2 Å². The Balaban J connectivity index is 0.00000334. The van der Waals surface area contributed by atoms with Gasteiger partial charge in [-0.05, 0) is 31.9 Å². The number of hydroxylamine groups is 2. The van der Waals surface area contributed by atoms with Crippen molar-refractivity contribution >= 4 is 17.8 Å². The van der Waals surface area contributed by atoms with Crippen molar-refractivity contribution in [3.8, 4) is 11.5 Å². The van der Waals surface area contributed by atoms with Crippen LogP contribution in [0.5, 0.6) is 11.5 Å². The van der Waals surface area contributed by atoms with Gasteiger partial charge in [-0.25, -0.2) is 9.78 Å². The van der Waals surface area contributed by atoms with Crippen LogP contribution < -0.4 is 14.8 Å². The predicted molar refractivity (Wildman–Crippen MR) is 142 cm³/mol. The molecule has 0 saturated heterocycles. The minimum absolute atomic E-state index is 0.133. The molecule has 0 aliphatic rings. The number of amides is 1. The lowest BCUT2D eigenvalue weighted by Crippen LogP contribution is -2.43. The zero-order chi connectivity index (χ0) is 28.0. The van der Waals surface area contributed by atoms with Gasteiger partial charge in [-0.2, -0.15) is 0 Å². The Hall–Kier alpha value is -3.98. The molecule has 0 saturated carbocycles. The predicted octanol–water partition coefficient (Wildman–Crippen LogP) is 4.81. The number of allylic oxidation sites excluding steroid dienone is 2. The second-order valence-corrected chi connectivity index (χ2v) is 7.54. The first kappa shape index (κ1) is 31.1. The van der Waals surface area contributed by atoms with E-state index in [9.17, 15) is 14.4 Å². The van der Waals surface area contributed by atoms with Crippen LogP contribution in [-0.4, -0.2) is 48.1 Å². The Kier molecular flexibility index (Phi) is 13.3. The molecule has 0 radical (unpaired) electrons. The van der Waals surface area contributed by atoms with Gasteiger partial charge in [-0.3, -0.25) is 9.59 Å². The van der Waals surface area contributed by atoms with Gasteiger partial charge in [0, 0.05) is 26.2 Å². The van der Waals surface area contributed by atoms with Crippen molar-refractivity contribution < 1.29 is 28.7 Å². The smallest absolute Gasteiger partial charge is 0.347 e. The molecule has 0 spiro atoms. The Bertz CT molecular complexity index is 1100. The molecule has 0 aliphatic carbocycles. The van der Waals surface area contributed by atoms with Crippen LogP contribution in [0.1, 0.15) is 63.6 Å². The molecule has 2 atom stereocenters. The summed E-state index contributed by atoms with van der Waals surface area (Å²) in [5.41, 5.74) is 1.66. The van der Waals surface area contributed by atoms with E-state index >= 15 is 0 Å². The number of hydrogen-bond acceptors (Lipinski definition) is 8. The van der Waals surface area contributed by atoms with Crippen molar-refractivity contribution in [2.45, 2.75) is 53.6 Å². The molecule has 200 valence electrons. The van der Waals surface area contributed by atoms with Crippen LogP contribution in [0.2, 0.25) is 0 Å². The molecule has 9 heteroatoms. The number of esters is 1. The number of nitrogens with zero attached hydrogens (tertiary/aromatic N) is 2. The number of carbonyl (C=O) groups is 3. The van der Waals surface area contributed by atoms with Gasteiger partial charge in [0.25, 0.3) is 5.91 Å². The molecule has 9 nitrogen and oxygen atoms in total. The van der Waals surface area contributed by atoms with Crippen LogP contribution in [0.15, 0.2) is 66.4 Å². The summed E-state index contributed by atoms with van der Waals surface area (Å²) >= 11 is 0. The van der Waals surface area contributed by atoms with Gasteiger partial charge in [-0.15, -0.1) is 5.06 Å². The quantitative estimate of drug-likeness (QED) is 0.275. The highest BCUT2D eigenvalue weighted by molar-refractivity contribution is 5.98. The van der Waals surface area contributed by atoms with Gasteiger partial charge >= 0.3 is 11.9 Å². The third-order valence-electron chi connectivity index (χ3n) is 4.97. The lowest BCUT2D eigenvalue weighted by molar-refractivity contribution is -0.193. The fourth-order valence-corrected chi connectivity index (χ4v) is 3.38.